The van der Waals surface area contributed by atoms with Crippen LogP contribution in [-0.4, -0.2) is 12.4 Å². The monoisotopic (exact) mass is 309 g/mol. The minimum atomic E-state index is -4.37. The summed E-state index contributed by atoms with van der Waals surface area (Å²) in [6.07, 6.45) is -3.36. The van der Waals surface area contributed by atoms with Gasteiger partial charge in [-0.15, -0.1) is 0 Å². The zero-order chi connectivity index (χ0) is 16.2. The van der Waals surface area contributed by atoms with Crippen molar-refractivity contribution >= 4 is 6.29 Å². The molecule has 0 aliphatic heterocycles. The molecule has 2 aromatic rings. The molecule has 0 heterocycles. The van der Waals surface area contributed by atoms with Gasteiger partial charge in [0.2, 0.25) is 6.29 Å². The minimum absolute atomic E-state index is 0.288. The Labute approximate surface area is 125 Å². The fourth-order valence-electron chi connectivity index (χ4n) is 1.66. The minimum Gasteiger partial charge on any atom is -0.482 e. The van der Waals surface area contributed by atoms with E-state index in [9.17, 15) is 18.0 Å². The Balaban J connectivity index is 2.03. The summed E-state index contributed by atoms with van der Waals surface area (Å²) in [6.45, 7) is 1.56. The summed E-state index contributed by atoms with van der Waals surface area (Å²) < 4.78 is 48.0. The van der Waals surface area contributed by atoms with Crippen LogP contribution in [0.4, 0.5) is 13.2 Å². The highest BCUT2D eigenvalue weighted by Gasteiger charge is 2.30. The molecule has 0 spiro atoms. The van der Waals surface area contributed by atoms with E-state index in [2.05, 4.69) is 0 Å². The smallest absolute Gasteiger partial charge is 0.416 e. The highest BCUT2D eigenvalue weighted by Crippen LogP contribution is 2.31. The molecule has 1 radical (unpaired) electrons. The molecule has 3 nitrogen and oxygen atoms in total. The van der Waals surface area contributed by atoms with Crippen LogP contribution in [-0.2, 0) is 11.0 Å². The van der Waals surface area contributed by atoms with Gasteiger partial charge in [0.15, 0.2) is 6.10 Å². The maximum absolute atomic E-state index is 12.4. The lowest BCUT2D eigenvalue weighted by atomic mass is 10.2. The Bertz CT molecular complexity index is 619. The molecular weight excluding hydrogens is 297 g/mol. The Kier molecular flexibility index (Phi) is 4.70. The van der Waals surface area contributed by atoms with Crippen LogP contribution in [0.5, 0.6) is 17.2 Å². The van der Waals surface area contributed by atoms with Crippen molar-refractivity contribution in [2.75, 3.05) is 0 Å². The van der Waals surface area contributed by atoms with Gasteiger partial charge in [0.25, 0.3) is 0 Å². The second kappa shape index (κ2) is 6.51. The van der Waals surface area contributed by atoms with Crippen LogP contribution in [0.15, 0.2) is 48.5 Å². The molecule has 0 aliphatic rings. The van der Waals surface area contributed by atoms with Crippen LogP contribution in [0.2, 0.25) is 0 Å². The van der Waals surface area contributed by atoms with Crippen molar-refractivity contribution in [3.63, 3.8) is 0 Å². The van der Waals surface area contributed by atoms with Crippen molar-refractivity contribution in [1.29, 1.82) is 0 Å². The lowest BCUT2D eigenvalue weighted by Crippen LogP contribution is -2.12. The molecule has 1 atom stereocenters. The summed E-state index contributed by atoms with van der Waals surface area (Å²) >= 11 is 0. The van der Waals surface area contributed by atoms with Crippen molar-refractivity contribution in [3.05, 3.63) is 54.1 Å². The van der Waals surface area contributed by atoms with E-state index in [0.29, 0.717) is 11.5 Å². The topological polar surface area (TPSA) is 35.5 Å². The van der Waals surface area contributed by atoms with E-state index in [1.807, 2.05) is 0 Å². The predicted molar refractivity (Wildman–Crippen MR) is 73.7 cm³/mol. The predicted octanol–water partition coefficient (Wildman–Crippen LogP) is 4.37. The van der Waals surface area contributed by atoms with Gasteiger partial charge in [-0.1, -0.05) is 0 Å². The summed E-state index contributed by atoms with van der Waals surface area (Å²) in [6, 6.07) is 10.8. The molecule has 6 heteroatoms. The molecule has 0 saturated carbocycles. The highest BCUT2D eigenvalue weighted by molar-refractivity contribution is 5.57. The summed E-state index contributed by atoms with van der Waals surface area (Å²) in [7, 11) is 0. The average molecular weight is 309 g/mol. The molecule has 0 aromatic heterocycles. The Morgan fingerprint density at radius 3 is 1.82 bits per heavy atom. The lowest BCUT2D eigenvalue weighted by Gasteiger charge is -2.10. The van der Waals surface area contributed by atoms with Crippen molar-refractivity contribution < 1.29 is 27.4 Å². The van der Waals surface area contributed by atoms with Crippen molar-refractivity contribution in [2.24, 2.45) is 0 Å². The first-order chi connectivity index (χ1) is 10.4. The standard InChI is InChI=1S/C16H12F3O3/c1-11(10-20)21-13-6-8-15(9-7-13)22-14-4-2-12(3-5-14)16(17,18)19/h2-9,11H,1H3. The van der Waals surface area contributed by atoms with E-state index in [0.717, 1.165) is 12.1 Å². The molecule has 0 saturated heterocycles. The fourth-order valence-corrected chi connectivity index (χ4v) is 1.66. The molecule has 0 amide bonds. The van der Waals surface area contributed by atoms with Crippen LogP contribution in [0.1, 0.15) is 12.5 Å². The van der Waals surface area contributed by atoms with Crippen molar-refractivity contribution in [3.8, 4) is 17.2 Å². The van der Waals surface area contributed by atoms with Gasteiger partial charge in [-0.05, 0) is 55.5 Å². The molecule has 1 unspecified atom stereocenters. The number of halogens is 3. The summed E-state index contributed by atoms with van der Waals surface area (Å²) in [5.74, 6) is 1.20. The van der Waals surface area contributed by atoms with Crippen LogP contribution in [0.25, 0.3) is 0 Å². The Hall–Kier alpha value is -2.50. The first-order valence-corrected chi connectivity index (χ1v) is 6.38. The molecule has 22 heavy (non-hydrogen) atoms. The van der Waals surface area contributed by atoms with Gasteiger partial charge < -0.3 is 9.47 Å². The van der Waals surface area contributed by atoms with Crippen LogP contribution in [0, 0.1) is 0 Å². The first kappa shape index (κ1) is 15.9. The Morgan fingerprint density at radius 1 is 0.909 bits per heavy atom. The van der Waals surface area contributed by atoms with Gasteiger partial charge in [0.05, 0.1) is 5.56 Å². The van der Waals surface area contributed by atoms with Gasteiger partial charge >= 0.3 is 6.18 Å². The van der Waals surface area contributed by atoms with Crippen molar-refractivity contribution in [2.45, 2.75) is 19.2 Å². The quantitative estimate of drug-likeness (QED) is 0.822. The molecule has 2 aromatic carbocycles. The molecule has 0 N–H and O–H groups in total. The van der Waals surface area contributed by atoms with Crippen LogP contribution >= 0.6 is 0 Å². The van der Waals surface area contributed by atoms with E-state index in [1.165, 1.54) is 12.1 Å². The second-order valence-electron chi connectivity index (χ2n) is 4.47. The molecular formula is C16H12F3O3. The molecule has 115 valence electrons. The third kappa shape index (κ3) is 4.25. The maximum Gasteiger partial charge on any atom is 0.416 e. The summed E-state index contributed by atoms with van der Waals surface area (Å²) in [5, 5.41) is 0. The first-order valence-electron chi connectivity index (χ1n) is 6.38. The van der Waals surface area contributed by atoms with E-state index >= 15 is 0 Å². The number of benzene rings is 2. The number of ether oxygens (including phenoxy) is 2. The SMILES string of the molecule is CC([C]=O)Oc1ccc(Oc2ccc(C(F)(F)F)cc2)cc1. The average Bonchev–Trinajstić information content (AvgIpc) is 2.49. The number of carbonyl (C=O) groups excluding carboxylic acids is 1. The zero-order valence-electron chi connectivity index (χ0n) is 11.6. The largest absolute Gasteiger partial charge is 0.482 e. The highest BCUT2D eigenvalue weighted by atomic mass is 19.4. The molecule has 0 fully saturated rings. The third-order valence-corrected chi connectivity index (χ3v) is 2.72. The zero-order valence-corrected chi connectivity index (χ0v) is 11.6. The fraction of sp³-hybridized carbons (Fsp3) is 0.188. The lowest BCUT2D eigenvalue weighted by molar-refractivity contribution is -0.137. The van der Waals surface area contributed by atoms with E-state index in [1.54, 1.807) is 37.5 Å². The van der Waals surface area contributed by atoms with Crippen LogP contribution in [0.3, 0.4) is 0 Å². The third-order valence-electron chi connectivity index (χ3n) is 2.72. The van der Waals surface area contributed by atoms with E-state index in [4.69, 9.17) is 9.47 Å². The van der Waals surface area contributed by atoms with Gasteiger partial charge in [-0.3, -0.25) is 4.79 Å². The van der Waals surface area contributed by atoms with Gasteiger partial charge in [0.1, 0.15) is 17.2 Å². The molecule has 2 rings (SSSR count). The number of hydrogen-bond acceptors (Lipinski definition) is 3. The normalized spacial score (nSPS) is 12.5. The number of alkyl halides is 3. The van der Waals surface area contributed by atoms with Crippen LogP contribution < -0.4 is 9.47 Å². The molecule has 0 aliphatic carbocycles. The van der Waals surface area contributed by atoms with E-state index < -0.39 is 17.8 Å². The van der Waals surface area contributed by atoms with Gasteiger partial charge in [0, 0.05) is 0 Å². The second-order valence-corrected chi connectivity index (χ2v) is 4.47. The molecule has 0 bridgehead atoms. The maximum atomic E-state index is 12.4. The van der Waals surface area contributed by atoms with Gasteiger partial charge in [-0.25, -0.2) is 0 Å². The summed E-state index contributed by atoms with van der Waals surface area (Å²) in [4.78, 5) is 10.4. The van der Waals surface area contributed by atoms with Crippen molar-refractivity contribution in [1.82, 2.24) is 0 Å². The van der Waals surface area contributed by atoms with E-state index in [-0.39, 0.29) is 5.75 Å². The summed E-state index contributed by atoms with van der Waals surface area (Å²) in [5.41, 5.74) is -0.734. The van der Waals surface area contributed by atoms with Gasteiger partial charge in [-0.2, -0.15) is 13.2 Å². The number of rotatable bonds is 5. The number of hydrogen-bond donors (Lipinski definition) is 0. The Morgan fingerprint density at radius 2 is 1.36 bits per heavy atom.